The summed E-state index contributed by atoms with van der Waals surface area (Å²) in [6, 6.07) is 11.8. The molecule has 0 fully saturated rings. The molecule has 0 saturated carbocycles. The van der Waals surface area contributed by atoms with Gasteiger partial charge >= 0.3 is 0 Å². The molecule has 0 aromatic heterocycles. The summed E-state index contributed by atoms with van der Waals surface area (Å²) in [4.78, 5) is 27.7. The Balaban J connectivity index is 2.27. The first-order valence-corrected chi connectivity index (χ1v) is 10.9. The van der Waals surface area contributed by atoms with Crippen molar-refractivity contribution in [3.63, 3.8) is 0 Å². The largest absolute Gasteiger partial charge is 0.497 e. The molecule has 2 aromatic rings. The van der Waals surface area contributed by atoms with E-state index in [0.717, 1.165) is 5.56 Å². The smallest absolute Gasteiger partial charge is 0.261 e. The molecule has 8 nitrogen and oxygen atoms in total. The number of rotatable bonds is 12. The molecule has 0 saturated heterocycles. The molecule has 1 N–H and O–H groups in total. The maximum atomic E-state index is 13.3. The van der Waals surface area contributed by atoms with E-state index in [1.165, 1.54) is 0 Å². The van der Waals surface area contributed by atoms with Gasteiger partial charge in [-0.1, -0.05) is 19.1 Å². The minimum Gasteiger partial charge on any atom is -0.497 e. The van der Waals surface area contributed by atoms with Crippen LogP contribution in [0.5, 0.6) is 23.0 Å². The van der Waals surface area contributed by atoms with Gasteiger partial charge in [0.15, 0.2) is 6.61 Å². The van der Waals surface area contributed by atoms with Gasteiger partial charge in [0.25, 0.3) is 5.91 Å². The van der Waals surface area contributed by atoms with Gasteiger partial charge in [-0.3, -0.25) is 9.59 Å². The lowest BCUT2D eigenvalue weighted by atomic mass is 10.1. The third-order valence-corrected chi connectivity index (χ3v) is 4.99. The number of carbonyl (C=O) groups is 2. The quantitative estimate of drug-likeness (QED) is 0.525. The van der Waals surface area contributed by atoms with Crippen LogP contribution in [0.2, 0.25) is 0 Å². The van der Waals surface area contributed by atoms with E-state index in [-0.39, 0.29) is 31.0 Å². The number of hydrogen-bond donors (Lipinski definition) is 1. The van der Waals surface area contributed by atoms with Gasteiger partial charge < -0.3 is 29.2 Å². The first kappa shape index (κ1) is 25.8. The average Bonchev–Trinajstić information content (AvgIpc) is 2.81. The van der Waals surface area contributed by atoms with Crippen LogP contribution in [0.25, 0.3) is 0 Å². The van der Waals surface area contributed by atoms with E-state index in [0.29, 0.717) is 29.4 Å². The minimum atomic E-state index is -0.644. The molecule has 2 rings (SSSR count). The number of benzene rings is 2. The molecule has 0 radical (unpaired) electrons. The first-order valence-electron chi connectivity index (χ1n) is 10.9. The maximum Gasteiger partial charge on any atom is 0.261 e. The zero-order chi connectivity index (χ0) is 24.4. The van der Waals surface area contributed by atoms with Crippen LogP contribution in [0.3, 0.4) is 0 Å². The van der Waals surface area contributed by atoms with Gasteiger partial charge in [-0.05, 0) is 38.0 Å². The molecule has 0 aliphatic heterocycles. The summed E-state index contributed by atoms with van der Waals surface area (Å²) in [7, 11) is 4.67. The highest BCUT2D eigenvalue weighted by molar-refractivity contribution is 5.88. The first-order chi connectivity index (χ1) is 15.8. The maximum absolute atomic E-state index is 13.3. The monoisotopic (exact) mass is 458 g/mol. The molecule has 0 unspecified atom stereocenters. The summed E-state index contributed by atoms with van der Waals surface area (Å²) in [6.45, 7) is 5.65. The second-order valence-electron chi connectivity index (χ2n) is 7.80. The number of carbonyl (C=O) groups excluding carboxylic acids is 2. The van der Waals surface area contributed by atoms with Crippen LogP contribution in [0, 0.1) is 0 Å². The minimum absolute atomic E-state index is 0.0409. The van der Waals surface area contributed by atoms with Crippen molar-refractivity contribution in [1.82, 2.24) is 10.2 Å². The van der Waals surface area contributed by atoms with Gasteiger partial charge in [-0.25, -0.2) is 0 Å². The van der Waals surface area contributed by atoms with Crippen LogP contribution in [0.4, 0.5) is 0 Å². The molecule has 0 aliphatic carbocycles. The molecule has 1 atom stereocenters. The number of methoxy groups -OCH3 is 3. The molecule has 180 valence electrons. The fourth-order valence-corrected chi connectivity index (χ4v) is 3.36. The van der Waals surface area contributed by atoms with Crippen molar-refractivity contribution in [2.45, 2.75) is 45.8 Å². The number of amides is 2. The highest BCUT2D eigenvalue weighted by atomic mass is 16.5. The second kappa shape index (κ2) is 12.6. The van der Waals surface area contributed by atoms with Gasteiger partial charge in [0.1, 0.15) is 29.0 Å². The predicted molar refractivity (Wildman–Crippen MR) is 126 cm³/mol. The lowest BCUT2D eigenvalue weighted by Crippen LogP contribution is -2.51. The van der Waals surface area contributed by atoms with Crippen molar-refractivity contribution in [3.05, 3.63) is 48.0 Å². The SMILES string of the molecule is CC[C@@H](C(=O)NC(C)C)N(Cc1cccc(OC)c1)C(=O)COc1cc(OC)cc(OC)c1. The predicted octanol–water partition coefficient (Wildman–Crippen LogP) is 3.42. The Hall–Kier alpha value is -3.42. The van der Waals surface area contributed by atoms with Crippen molar-refractivity contribution in [2.24, 2.45) is 0 Å². The molecule has 8 heteroatoms. The van der Waals surface area contributed by atoms with Crippen molar-refractivity contribution < 1.29 is 28.5 Å². The molecule has 0 aliphatic rings. The number of nitrogens with one attached hydrogen (secondary N) is 1. The molecular formula is C25H34N2O6. The van der Waals surface area contributed by atoms with E-state index >= 15 is 0 Å². The van der Waals surface area contributed by atoms with Gasteiger partial charge in [-0.15, -0.1) is 0 Å². The highest BCUT2D eigenvalue weighted by Gasteiger charge is 2.29. The van der Waals surface area contributed by atoms with Crippen LogP contribution >= 0.6 is 0 Å². The zero-order valence-electron chi connectivity index (χ0n) is 20.2. The lowest BCUT2D eigenvalue weighted by Gasteiger charge is -2.31. The van der Waals surface area contributed by atoms with Gasteiger partial charge in [0, 0.05) is 30.8 Å². The Labute approximate surface area is 195 Å². The summed E-state index contributed by atoms with van der Waals surface area (Å²) in [5.74, 6) is 1.69. The molecular weight excluding hydrogens is 424 g/mol. The molecule has 0 heterocycles. The number of ether oxygens (including phenoxy) is 4. The van der Waals surface area contributed by atoms with Crippen molar-refractivity contribution in [1.29, 1.82) is 0 Å². The van der Waals surface area contributed by atoms with E-state index in [2.05, 4.69) is 5.32 Å². The van der Waals surface area contributed by atoms with Crippen molar-refractivity contribution in [3.8, 4) is 23.0 Å². The Morgan fingerprint density at radius 1 is 0.909 bits per heavy atom. The van der Waals surface area contributed by atoms with Gasteiger partial charge in [0.05, 0.1) is 21.3 Å². The standard InChI is InChI=1S/C25H34N2O6/c1-7-23(25(29)26-17(2)3)27(15-18-9-8-10-19(11-18)30-4)24(28)16-33-22-13-20(31-5)12-21(14-22)32-6/h8-14,17,23H,7,15-16H2,1-6H3,(H,26,29)/t23-/m0/s1. The summed E-state index contributed by atoms with van der Waals surface area (Å²) in [6.07, 6.45) is 0.460. The molecule has 33 heavy (non-hydrogen) atoms. The van der Waals surface area contributed by atoms with Crippen LogP contribution in [0.15, 0.2) is 42.5 Å². The van der Waals surface area contributed by atoms with E-state index in [4.69, 9.17) is 18.9 Å². The lowest BCUT2D eigenvalue weighted by molar-refractivity contribution is -0.143. The Kier molecular flexibility index (Phi) is 9.84. The van der Waals surface area contributed by atoms with E-state index in [9.17, 15) is 9.59 Å². The van der Waals surface area contributed by atoms with Crippen LogP contribution in [-0.4, -0.2) is 56.7 Å². The zero-order valence-corrected chi connectivity index (χ0v) is 20.2. The number of hydrogen-bond acceptors (Lipinski definition) is 6. The van der Waals surface area contributed by atoms with Crippen molar-refractivity contribution in [2.75, 3.05) is 27.9 Å². The van der Waals surface area contributed by atoms with Crippen molar-refractivity contribution >= 4 is 11.8 Å². The van der Waals surface area contributed by atoms with Crippen LogP contribution in [-0.2, 0) is 16.1 Å². The Morgan fingerprint density at radius 2 is 1.52 bits per heavy atom. The number of nitrogens with zero attached hydrogens (tertiary/aromatic N) is 1. The topological polar surface area (TPSA) is 86.3 Å². The normalized spacial score (nSPS) is 11.5. The summed E-state index contributed by atoms with van der Waals surface area (Å²) in [5, 5.41) is 2.91. The molecule has 0 spiro atoms. The third-order valence-electron chi connectivity index (χ3n) is 4.99. The van der Waals surface area contributed by atoms with E-state index in [1.807, 2.05) is 45.0 Å². The fraction of sp³-hybridized carbons (Fsp3) is 0.440. The second-order valence-corrected chi connectivity index (χ2v) is 7.80. The van der Waals surface area contributed by atoms with Crippen LogP contribution < -0.4 is 24.3 Å². The van der Waals surface area contributed by atoms with E-state index in [1.54, 1.807) is 44.4 Å². The Bertz CT molecular complexity index is 909. The molecule has 0 bridgehead atoms. The van der Waals surface area contributed by atoms with E-state index < -0.39 is 6.04 Å². The fourth-order valence-electron chi connectivity index (χ4n) is 3.36. The molecule has 2 amide bonds. The van der Waals surface area contributed by atoms with Gasteiger partial charge in [-0.2, -0.15) is 0 Å². The molecule has 2 aromatic carbocycles. The average molecular weight is 459 g/mol. The summed E-state index contributed by atoms with van der Waals surface area (Å²) < 4.78 is 21.6. The summed E-state index contributed by atoms with van der Waals surface area (Å²) in [5.41, 5.74) is 0.849. The summed E-state index contributed by atoms with van der Waals surface area (Å²) >= 11 is 0. The third kappa shape index (κ3) is 7.59. The van der Waals surface area contributed by atoms with Gasteiger partial charge in [0.2, 0.25) is 5.91 Å². The Morgan fingerprint density at radius 3 is 2.06 bits per heavy atom. The highest BCUT2D eigenvalue weighted by Crippen LogP contribution is 2.27. The van der Waals surface area contributed by atoms with Crippen LogP contribution in [0.1, 0.15) is 32.8 Å².